The molecule has 0 aliphatic carbocycles. The maximum atomic E-state index is 11.3. The lowest BCUT2D eigenvalue weighted by molar-refractivity contribution is 0.404. The molecule has 0 saturated heterocycles. The summed E-state index contributed by atoms with van der Waals surface area (Å²) < 4.78 is 7.28. The molecule has 0 aliphatic rings. The maximum Gasteiger partial charge on any atom is 0.293 e. The molecule has 0 fully saturated rings. The Bertz CT molecular complexity index is 319. The number of ether oxygens (including phenoxy) is 1. The zero-order chi connectivity index (χ0) is 8.43. The topological polar surface area (TPSA) is 31.2 Å². The summed E-state index contributed by atoms with van der Waals surface area (Å²) >= 11 is 2.09. The summed E-state index contributed by atoms with van der Waals surface area (Å²) in [5.41, 5.74) is -0.0978. The molecule has 1 aromatic heterocycles. The molecular formula is C7H8INO2. The molecule has 0 N–H and O–H groups in total. The molecule has 0 bridgehead atoms. The van der Waals surface area contributed by atoms with Gasteiger partial charge in [0.2, 0.25) is 0 Å². The van der Waals surface area contributed by atoms with Crippen LogP contribution in [0, 0.1) is 3.70 Å². The molecule has 0 amide bonds. The van der Waals surface area contributed by atoms with Crippen LogP contribution < -0.4 is 10.3 Å². The number of methoxy groups -OCH3 is 1. The first-order chi connectivity index (χ1) is 5.16. The Labute approximate surface area is 78.1 Å². The molecule has 11 heavy (non-hydrogen) atoms. The maximum absolute atomic E-state index is 11.3. The predicted molar refractivity (Wildman–Crippen MR) is 51.0 cm³/mol. The van der Waals surface area contributed by atoms with Crippen molar-refractivity contribution in [1.29, 1.82) is 0 Å². The number of halogens is 1. The smallest absolute Gasteiger partial charge is 0.293 e. The second-order valence-corrected chi connectivity index (χ2v) is 3.19. The van der Waals surface area contributed by atoms with Crippen molar-refractivity contribution in [1.82, 2.24) is 4.57 Å². The summed E-state index contributed by atoms with van der Waals surface area (Å²) in [5.74, 6) is 0.382. The first-order valence-electron chi connectivity index (χ1n) is 3.06. The van der Waals surface area contributed by atoms with Crippen LogP contribution in [0.2, 0.25) is 0 Å². The first kappa shape index (κ1) is 8.58. The Balaban J connectivity index is 3.37. The molecule has 1 rings (SSSR count). The van der Waals surface area contributed by atoms with Crippen molar-refractivity contribution in [3.05, 3.63) is 26.2 Å². The Kier molecular flexibility index (Phi) is 2.53. The summed E-state index contributed by atoms with van der Waals surface area (Å²) in [5, 5.41) is 0. The highest BCUT2D eigenvalue weighted by atomic mass is 127. The van der Waals surface area contributed by atoms with Crippen molar-refractivity contribution >= 4 is 22.6 Å². The van der Waals surface area contributed by atoms with Gasteiger partial charge in [-0.2, -0.15) is 0 Å². The van der Waals surface area contributed by atoms with E-state index in [9.17, 15) is 4.79 Å². The number of hydrogen-bond donors (Lipinski definition) is 0. The molecule has 0 saturated carbocycles. The van der Waals surface area contributed by atoms with Gasteiger partial charge in [-0.05, 0) is 34.7 Å². The second kappa shape index (κ2) is 3.25. The van der Waals surface area contributed by atoms with E-state index >= 15 is 0 Å². The summed E-state index contributed by atoms with van der Waals surface area (Å²) in [7, 11) is 3.20. The third kappa shape index (κ3) is 1.55. The molecular weight excluding hydrogens is 257 g/mol. The lowest BCUT2D eigenvalue weighted by Gasteiger charge is -2.03. The van der Waals surface area contributed by atoms with Crippen LogP contribution >= 0.6 is 22.6 Å². The van der Waals surface area contributed by atoms with E-state index in [4.69, 9.17) is 4.74 Å². The fourth-order valence-electron chi connectivity index (χ4n) is 0.745. The monoisotopic (exact) mass is 265 g/mol. The van der Waals surface area contributed by atoms with Gasteiger partial charge in [-0.25, -0.2) is 0 Å². The number of nitrogens with zero attached hydrogens (tertiary/aromatic N) is 1. The van der Waals surface area contributed by atoms with Crippen LogP contribution in [0.5, 0.6) is 5.75 Å². The van der Waals surface area contributed by atoms with E-state index in [1.54, 1.807) is 17.7 Å². The van der Waals surface area contributed by atoms with Crippen LogP contribution in [0.4, 0.5) is 0 Å². The van der Waals surface area contributed by atoms with E-state index in [1.165, 1.54) is 7.11 Å². The molecule has 1 heterocycles. The average molecular weight is 265 g/mol. The van der Waals surface area contributed by atoms with Crippen LogP contribution in [0.3, 0.4) is 0 Å². The summed E-state index contributed by atoms with van der Waals surface area (Å²) in [6, 6.07) is 3.50. The van der Waals surface area contributed by atoms with E-state index in [-0.39, 0.29) is 5.56 Å². The number of rotatable bonds is 1. The van der Waals surface area contributed by atoms with Crippen LogP contribution in [-0.4, -0.2) is 11.7 Å². The fourth-order valence-corrected chi connectivity index (χ4v) is 1.14. The van der Waals surface area contributed by atoms with E-state index < -0.39 is 0 Å². The summed E-state index contributed by atoms with van der Waals surface area (Å²) in [4.78, 5) is 11.3. The largest absolute Gasteiger partial charge is 0.491 e. The minimum absolute atomic E-state index is 0.0978. The number of hydrogen-bond acceptors (Lipinski definition) is 2. The van der Waals surface area contributed by atoms with Gasteiger partial charge in [0.1, 0.15) is 0 Å². The predicted octanol–water partition coefficient (Wildman–Crippen LogP) is 0.998. The van der Waals surface area contributed by atoms with Gasteiger partial charge in [0.05, 0.1) is 10.8 Å². The number of aromatic nitrogens is 1. The molecule has 3 nitrogen and oxygen atoms in total. The molecule has 1 aromatic rings. The quantitative estimate of drug-likeness (QED) is 0.560. The standard InChI is InChI=1S/C7H8INO2/c1-9-6(8)4-3-5(11-2)7(9)10/h3-4H,1-2H3. The van der Waals surface area contributed by atoms with Gasteiger partial charge in [0.15, 0.2) is 5.75 Å². The molecule has 0 aromatic carbocycles. The van der Waals surface area contributed by atoms with E-state index in [0.29, 0.717) is 5.75 Å². The molecule has 0 aliphatic heterocycles. The molecule has 0 atom stereocenters. The second-order valence-electron chi connectivity index (χ2n) is 2.09. The van der Waals surface area contributed by atoms with Gasteiger partial charge in [-0.15, -0.1) is 0 Å². The number of pyridine rings is 1. The average Bonchev–Trinajstić information content (AvgIpc) is 2.01. The molecule has 4 heteroatoms. The SMILES string of the molecule is COc1ccc(I)n(C)c1=O. The van der Waals surface area contributed by atoms with Crippen molar-refractivity contribution in [2.45, 2.75) is 0 Å². The van der Waals surface area contributed by atoms with Crippen molar-refractivity contribution < 1.29 is 4.74 Å². The lowest BCUT2D eigenvalue weighted by atomic mass is 10.4. The van der Waals surface area contributed by atoms with Gasteiger partial charge in [-0.3, -0.25) is 4.79 Å². The highest BCUT2D eigenvalue weighted by Gasteiger charge is 2.01. The van der Waals surface area contributed by atoms with Crippen molar-refractivity contribution in [2.24, 2.45) is 7.05 Å². The minimum atomic E-state index is -0.0978. The zero-order valence-corrected chi connectivity index (χ0v) is 8.45. The third-order valence-corrected chi connectivity index (χ3v) is 2.51. The Morgan fingerprint density at radius 2 is 2.18 bits per heavy atom. The van der Waals surface area contributed by atoms with Crippen molar-refractivity contribution in [3.8, 4) is 5.75 Å². The molecule has 60 valence electrons. The normalized spacial score (nSPS) is 9.73. The van der Waals surface area contributed by atoms with Gasteiger partial charge in [-0.1, -0.05) is 0 Å². The van der Waals surface area contributed by atoms with Crippen molar-refractivity contribution in [2.75, 3.05) is 7.11 Å². The van der Waals surface area contributed by atoms with Gasteiger partial charge < -0.3 is 9.30 Å². The Hall–Kier alpha value is -0.520. The first-order valence-corrected chi connectivity index (χ1v) is 4.14. The summed E-state index contributed by atoms with van der Waals surface area (Å²) in [6.45, 7) is 0. The summed E-state index contributed by atoms with van der Waals surface area (Å²) in [6.07, 6.45) is 0. The van der Waals surface area contributed by atoms with Gasteiger partial charge in [0.25, 0.3) is 5.56 Å². The van der Waals surface area contributed by atoms with Gasteiger partial charge >= 0.3 is 0 Å². The third-order valence-electron chi connectivity index (χ3n) is 1.43. The van der Waals surface area contributed by atoms with Crippen LogP contribution in [0.25, 0.3) is 0 Å². The molecule has 0 spiro atoms. The van der Waals surface area contributed by atoms with E-state index in [2.05, 4.69) is 22.6 Å². The highest BCUT2D eigenvalue weighted by molar-refractivity contribution is 14.1. The van der Waals surface area contributed by atoms with Gasteiger partial charge in [0, 0.05) is 7.05 Å². The highest BCUT2D eigenvalue weighted by Crippen LogP contribution is 2.05. The lowest BCUT2D eigenvalue weighted by Crippen LogP contribution is -2.19. The Morgan fingerprint density at radius 1 is 1.55 bits per heavy atom. The van der Waals surface area contributed by atoms with E-state index in [1.807, 2.05) is 6.07 Å². The minimum Gasteiger partial charge on any atom is -0.491 e. The van der Waals surface area contributed by atoms with Crippen LogP contribution in [0.15, 0.2) is 16.9 Å². The fraction of sp³-hybridized carbons (Fsp3) is 0.286. The van der Waals surface area contributed by atoms with Crippen LogP contribution in [-0.2, 0) is 7.05 Å². The molecule has 0 unspecified atom stereocenters. The van der Waals surface area contributed by atoms with E-state index in [0.717, 1.165) is 3.70 Å². The van der Waals surface area contributed by atoms with Crippen LogP contribution in [0.1, 0.15) is 0 Å². The molecule has 0 radical (unpaired) electrons. The Morgan fingerprint density at radius 3 is 2.73 bits per heavy atom. The zero-order valence-electron chi connectivity index (χ0n) is 6.30. The van der Waals surface area contributed by atoms with Crippen molar-refractivity contribution in [3.63, 3.8) is 0 Å².